The number of amides is 1. The first kappa shape index (κ1) is 13.2. The Bertz CT molecular complexity index is 451. The summed E-state index contributed by atoms with van der Waals surface area (Å²) >= 11 is 5.98. The molecule has 0 spiro atoms. The van der Waals surface area contributed by atoms with Gasteiger partial charge in [-0.15, -0.1) is 0 Å². The van der Waals surface area contributed by atoms with Crippen LogP contribution in [0.3, 0.4) is 0 Å². The number of ether oxygens (including phenoxy) is 1. The van der Waals surface area contributed by atoms with Crippen molar-refractivity contribution in [3.05, 3.63) is 23.2 Å². The van der Waals surface area contributed by atoms with Crippen LogP contribution in [0.4, 0.5) is 5.69 Å². The molecule has 2 rings (SSSR count). The van der Waals surface area contributed by atoms with E-state index in [4.69, 9.17) is 22.1 Å². The number of anilines is 1. The van der Waals surface area contributed by atoms with Crippen molar-refractivity contribution in [2.75, 3.05) is 18.0 Å². The summed E-state index contributed by atoms with van der Waals surface area (Å²) in [6, 6.07) is 5.34. The molecule has 1 aliphatic heterocycles. The SMILES string of the molecule is CCC1Oc2ccc(Cl)cc2N(CCCN)C1=O. The van der Waals surface area contributed by atoms with Crippen molar-refractivity contribution in [1.82, 2.24) is 0 Å². The van der Waals surface area contributed by atoms with Crippen LogP contribution in [-0.4, -0.2) is 25.1 Å². The lowest BCUT2D eigenvalue weighted by molar-refractivity contribution is -0.126. The van der Waals surface area contributed by atoms with E-state index in [9.17, 15) is 4.79 Å². The molecule has 2 N–H and O–H groups in total. The molecule has 4 nitrogen and oxygen atoms in total. The van der Waals surface area contributed by atoms with Crippen LogP contribution in [-0.2, 0) is 4.79 Å². The van der Waals surface area contributed by atoms with Crippen molar-refractivity contribution in [3.63, 3.8) is 0 Å². The van der Waals surface area contributed by atoms with E-state index in [0.29, 0.717) is 30.3 Å². The molecule has 1 amide bonds. The van der Waals surface area contributed by atoms with Crippen LogP contribution in [0.25, 0.3) is 0 Å². The van der Waals surface area contributed by atoms with Gasteiger partial charge < -0.3 is 15.4 Å². The number of fused-ring (bicyclic) bond motifs is 1. The Kier molecular flexibility index (Phi) is 4.09. The fourth-order valence-corrected chi connectivity index (χ4v) is 2.20. The zero-order valence-electron chi connectivity index (χ0n) is 10.4. The highest BCUT2D eigenvalue weighted by molar-refractivity contribution is 6.31. The lowest BCUT2D eigenvalue weighted by Gasteiger charge is -2.34. The summed E-state index contributed by atoms with van der Waals surface area (Å²) in [6.45, 7) is 3.09. The molecule has 0 fully saturated rings. The Morgan fingerprint density at radius 1 is 1.50 bits per heavy atom. The Labute approximate surface area is 112 Å². The Hall–Kier alpha value is -1.26. The number of rotatable bonds is 4. The van der Waals surface area contributed by atoms with Gasteiger partial charge in [0.2, 0.25) is 0 Å². The summed E-state index contributed by atoms with van der Waals surface area (Å²) in [7, 11) is 0. The first-order chi connectivity index (χ1) is 8.67. The van der Waals surface area contributed by atoms with Crippen LogP contribution < -0.4 is 15.4 Å². The summed E-state index contributed by atoms with van der Waals surface area (Å²) in [4.78, 5) is 14.0. The second kappa shape index (κ2) is 5.59. The van der Waals surface area contributed by atoms with Gasteiger partial charge in [0.05, 0.1) is 5.69 Å². The van der Waals surface area contributed by atoms with Crippen molar-refractivity contribution in [2.24, 2.45) is 5.73 Å². The predicted octanol–water partition coefficient (Wildman–Crippen LogP) is 2.19. The Morgan fingerprint density at radius 2 is 2.28 bits per heavy atom. The van der Waals surface area contributed by atoms with E-state index in [1.165, 1.54) is 0 Å². The summed E-state index contributed by atoms with van der Waals surface area (Å²) in [5, 5.41) is 0.595. The molecule has 1 heterocycles. The topological polar surface area (TPSA) is 55.6 Å². The molecule has 0 aromatic heterocycles. The molecule has 5 heteroatoms. The minimum Gasteiger partial charge on any atom is -0.478 e. The molecular weight excluding hydrogens is 252 g/mol. The smallest absolute Gasteiger partial charge is 0.268 e. The van der Waals surface area contributed by atoms with Crippen molar-refractivity contribution in [2.45, 2.75) is 25.9 Å². The van der Waals surface area contributed by atoms with Crippen LogP contribution in [0.2, 0.25) is 5.02 Å². The average molecular weight is 269 g/mol. The summed E-state index contributed by atoms with van der Waals surface area (Å²) in [5.41, 5.74) is 6.25. The lowest BCUT2D eigenvalue weighted by atomic mass is 10.1. The quantitative estimate of drug-likeness (QED) is 0.911. The third kappa shape index (κ3) is 2.44. The molecule has 1 aromatic carbocycles. The molecule has 1 atom stereocenters. The highest BCUT2D eigenvalue weighted by atomic mass is 35.5. The molecule has 1 aromatic rings. The molecular formula is C13H17ClN2O2. The maximum atomic E-state index is 12.3. The minimum atomic E-state index is -0.406. The first-order valence-electron chi connectivity index (χ1n) is 6.15. The molecule has 1 aliphatic rings. The summed E-state index contributed by atoms with van der Waals surface area (Å²) in [6.07, 6.45) is 1.00. The number of carbonyl (C=O) groups excluding carboxylic acids is 1. The van der Waals surface area contributed by atoms with Gasteiger partial charge in [0.25, 0.3) is 5.91 Å². The van der Waals surface area contributed by atoms with Gasteiger partial charge in [-0.3, -0.25) is 4.79 Å². The van der Waals surface area contributed by atoms with Crippen LogP contribution in [0.5, 0.6) is 5.75 Å². The monoisotopic (exact) mass is 268 g/mol. The van der Waals surface area contributed by atoms with Crippen LogP contribution in [0.15, 0.2) is 18.2 Å². The van der Waals surface area contributed by atoms with Crippen molar-refractivity contribution >= 4 is 23.2 Å². The predicted molar refractivity (Wildman–Crippen MR) is 72.2 cm³/mol. The molecule has 0 radical (unpaired) electrons. The highest BCUT2D eigenvalue weighted by Gasteiger charge is 2.32. The number of benzene rings is 1. The fraction of sp³-hybridized carbons (Fsp3) is 0.462. The van der Waals surface area contributed by atoms with Gasteiger partial charge in [-0.1, -0.05) is 18.5 Å². The molecule has 98 valence electrons. The van der Waals surface area contributed by atoms with Crippen molar-refractivity contribution in [1.29, 1.82) is 0 Å². The van der Waals surface area contributed by atoms with E-state index in [1.54, 1.807) is 17.0 Å². The average Bonchev–Trinajstić information content (AvgIpc) is 2.37. The first-order valence-corrected chi connectivity index (χ1v) is 6.52. The van der Waals surface area contributed by atoms with Crippen molar-refractivity contribution < 1.29 is 9.53 Å². The summed E-state index contributed by atoms with van der Waals surface area (Å²) in [5.74, 6) is 0.698. The number of hydrogen-bond acceptors (Lipinski definition) is 3. The van der Waals surface area contributed by atoms with Gasteiger partial charge in [-0.05, 0) is 37.6 Å². The lowest BCUT2D eigenvalue weighted by Crippen LogP contribution is -2.46. The van der Waals surface area contributed by atoms with Gasteiger partial charge in [0.1, 0.15) is 5.75 Å². The Morgan fingerprint density at radius 3 is 2.94 bits per heavy atom. The molecule has 0 saturated heterocycles. The molecule has 0 aliphatic carbocycles. The highest BCUT2D eigenvalue weighted by Crippen LogP contribution is 2.36. The third-order valence-electron chi connectivity index (χ3n) is 2.98. The minimum absolute atomic E-state index is 0.0132. The van der Waals surface area contributed by atoms with E-state index in [1.807, 2.05) is 13.0 Å². The van der Waals surface area contributed by atoms with E-state index in [2.05, 4.69) is 0 Å². The third-order valence-corrected chi connectivity index (χ3v) is 3.21. The zero-order chi connectivity index (χ0) is 13.1. The van der Waals surface area contributed by atoms with E-state index < -0.39 is 6.10 Å². The van der Waals surface area contributed by atoms with Gasteiger partial charge in [-0.25, -0.2) is 0 Å². The molecule has 0 saturated carbocycles. The van der Waals surface area contributed by atoms with Crippen LogP contribution >= 0.6 is 11.6 Å². The van der Waals surface area contributed by atoms with Crippen molar-refractivity contribution in [3.8, 4) is 5.75 Å². The van der Waals surface area contributed by atoms with Gasteiger partial charge in [-0.2, -0.15) is 0 Å². The van der Waals surface area contributed by atoms with Crippen LogP contribution in [0.1, 0.15) is 19.8 Å². The number of hydrogen-bond donors (Lipinski definition) is 1. The maximum absolute atomic E-state index is 12.3. The largest absolute Gasteiger partial charge is 0.478 e. The number of carbonyl (C=O) groups is 1. The molecule has 18 heavy (non-hydrogen) atoms. The van der Waals surface area contributed by atoms with E-state index >= 15 is 0 Å². The normalized spacial score (nSPS) is 18.5. The van der Waals surface area contributed by atoms with E-state index in [0.717, 1.165) is 12.1 Å². The van der Waals surface area contributed by atoms with Crippen LogP contribution in [0, 0.1) is 0 Å². The number of nitrogens with two attached hydrogens (primary N) is 1. The van der Waals surface area contributed by atoms with Gasteiger partial charge in [0.15, 0.2) is 6.10 Å². The summed E-state index contributed by atoms with van der Waals surface area (Å²) < 4.78 is 5.68. The second-order valence-corrected chi connectivity index (χ2v) is 4.70. The molecule has 0 bridgehead atoms. The maximum Gasteiger partial charge on any atom is 0.268 e. The standard InChI is InChI=1S/C13H17ClN2O2/c1-2-11-13(17)16(7-3-6-15)10-8-9(14)4-5-12(10)18-11/h4-5,8,11H,2-3,6-7,15H2,1H3. The number of nitrogens with zero attached hydrogens (tertiary/aromatic N) is 1. The second-order valence-electron chi connectivity index (χ2n) is 4.26. The Balaban J connectivity index is 2.36. The molecule has 1 unspecified atom stereocenters. The zero-order valence-corrected chi connectivity index (χ0v) is 11.1. The number of halogens is 1. The van der Waals surface area contributed by atoms with E-state index in [-0.39, 0.29) is 5.91 Å². The van der Waals surface area contributed by atoms with Gasteiger partial charge >= 0.3 is 0 Å². The fourth-order valence-electron chi connectivity index (χ4n) is 2.04. The van der Waals surface area contributed by atoms with Gasteiger partial charge in [0, 0.05) is 11.6 Å².